The van der Waals surface area contributed by atoms with Crippen LogP contribution in [0, 0.1) is 6.92 Å². The molecule has 0 fully saturated rings. The summed E-state index contributed by atoms with van der Waals surface area (Å²) < 4.78 is 7.08. The van der Waals surface area contributed by atoms with Gasteiger partial charge < -0.3 is 20.2 Å². The normalized spacial score (nSPS) is 11.4. The van der Waals surface area contributed by atoms with Gasteiger partial charge in [0.05, 0.1) is 24.8 Å². The number of carbonyl (C=O) groups excluding carboxylic acids is 1. The fraction of sp³-hybridized carbons (Fsp3) is 0.429. The van der Waals surface area contributed by atoms with Crippen LogP contribution < -0.4 is 11.1 Å². The Hall–Kier alpha value is -1.34. The first-order valence-corrected chi connectivity index (χ1v) is 6.57. The quantitative estimate of drug-likeness (QED) is 0.827. The van der Waals surface area contributed by atoms with Crippen LogP contribution in [0.4, 0.5) is 0 Å². The van der Waals surface area contributed by atoms with E-state index in [2.05, 4.69) is 10.3 Å². The predicted molar refractivity (Wildman–Crippen MR) is 90.7 cm³/mol. The maximum atomic E-state index is 11.7. The van der Waals surface area contributed by atoms with Gasteiger partial charge in [0, 0.05) is 25.5 Å². The smallest absolute Gasteiger partial charge is 0.222 e. The van der Waals surface area contributed by atoms with Crippen molar-refractivity contribution in [2.45, 2.75) is 26.0 Å². The second-order valence-electron chi connectivity index (χ2n) is 4.70. The number of ether oxygens (including phenoxy) is 1. The number of nitrogens with one attached hydrogen (secondary N) is 1. The van der Waals surface area contributed by atoms with Crippen LogP contribution in [0.15, 0.2) is 24.4 Å². The molecule has 0 aromatic carbocycles. The van der Waals surface area contributed by atoms with Crippen molar-refractivity contribution >= 4 is 36.4 Å². The third-order valence-corrected chi connectivity index (χ3v) is 3.22. The number of rotatable bonds is 6. The number of hydrogen-bond donors (Lipinski definition) is 2. The first-order chi connectivity index (χ1) is 9.63. The lowest BCUT2D eigenvalue weighted by Gasteiger charge is -2.11. The largest absolute Gasteiger partial charge is 0.380 e. The Bertz CT molecular complexity index is 600. The molecule has 0 radical (unpaired) electrons. The Kier molecular flexibility index (Phi) is 9.04. The topological polar surface area (TPSA) is 81.6 Å². The number of amides is 1. The SMILES string of the molecule is COC(CN)CC(=O)NCc1cn2c(C)cccc2n1.Cl.Cl. The van der Waals surface area contributed by atoms with Crippen molar-refractivity contribution in [3.8, 4) is 0 Å². The number of hydrogen-bond acceptors (Lipinski definition) is 4. The minimum Gasteiger partial charge on any atom is -0.380 e. The Morgan fingerprint density at radius 3 is 2.77 bits per heavy atom. The lowest BCUT2D eigenvalue weighted by atomic mass is 10.2. The number of nitrogens with two attached hydrogens (primary N) is 1. The predicted octanol–water partition coefficient (Wildman–Crippen LogP) is 1.47. The highest BCUT2D eigenvalue weighted by Crippen LogP contribution is 2.08. The summed E-state index contributed by atoms with van der Waals surface area (Å²) in [5.41, 5.74) is 8.30. The fourth-order valence-corrected chi connectivity index (χ4v) is 2.01. The summed E-state index contributed by atoms with van der Waals surface area (Å²) in [6, 6.07) is 5.92. The van der Waals surface area contributed by atoms with E-state index < -0.39 is 0 Å². The van der Waals surface area contributed by atoms with Crippen LogP contribution in [-0.4, -0.2) is 35.1 Å². The molecule has 2 rings (SSSR count). The summed E-state index contributed by atoms with van der Waals surface area (Å²) in [6.45, 7) is 2.75. The van der Waals surface area contributed by atoms with E-state index in [0.29, 0.717) is 13.1 Å². The third kappa shape index (κ3) is 5.14. The summed E-state index contributed by atoms with van der Waals surface area (Å²) in [7, 11) is 1.55. The number of imidazole rings is 1. The summed E-state index contributed by atoms with van der Waals surface area (Å²) in [4.78, 5) is 16.2. The van der Waals surface area contributed by atoms with Crippen molar-refractivity contribution in [1.82, 2.24) is 14.7 Å². The van der Waals surface area contributed by atoms with Crippen molar-refractivity contribution in [1.29, 1.82) is 0 Å². The van der Waals surface area contributed by atoms with Gasteiger partial charge in [0.25, 0.3) is 0 Å². The third-order valence-electron chi connectivity index (χ3n) is 3.22. The summed E-state index contributed by atoms with van der Waals surface area (Å²) in [5.74, 6) is -0.0870. The molecule has 2 aromatic rings. The van der Waals surface area contributed by atoms with E-state index in [-0.39, 0.29) is 43.2 Å². The zero-order chi connectivity index (χ0) is 14.5. The molecular formula is C14H22Cl2N4O2. The molecule has 2 heterocycles. The zero-order valence-electron chi connectivity index (χ0n) is 12.6. The molecule has 8 heteroatoms. The van der Waals surface area contributed by atoms with Gasteiger partial charge in [-0.3, -0.25) is 4.79 Å². The van der Waals surface area contributed by atoms with E-state index in [1.807, 2.05) is 35.7 Å². The van der Waals surface area contributed by atoms with Gasteiger partial charge in [-0.1, -0.05) is 6.07 Å². The maximum absolute atomic E-state index is 11.7. The van der Waals surface area contributed by atoms with E-state index in [1.165, 1.54) is 0 Å². The van der Waals surface area contributed by atoms with Gasteiger partial charge in [0.2, 0.25) is 5.91 Å². The second-order valence-corrected chi connectivity index (χ2v) is 4.70. The lowest BCUT2D eigenvalue weighted by Crippen LogP contribution is -2.31. The van der Waals surface area contributed by atoms with E-state index in [4.69, 9.17) is 10.5 Å². The number of aryl methyl sites for hydroxylation is 1. The van der Waals surface area contributed by atoms with Crippen molar-refractivity contribution in [2.75, 3.05) is 13.7 Å². The molecule has 22 heavy (non-hydrogen) atoms. The van der Waals surface area contributed by atoms with Gasteiger partial charge in [0.1, 0.15) is 5.65 Å². The molecule has 124 valence electrons. The van der Waals surface area contributed by atoms with Gasteiger partial charge >= 0.3 is 0 Å². The second kappa shape index (κ2) is 9.63. The fourth-order valence-electron chi connectivity index (χ4n) is 2.01. The van der Waals surface area contributed by atoms with Crippen molar-refractivity contribution < 1.29 is 9.53 Å². The van der Waals surface area contributed by atoms with Gasteiger partial charge in [-0.15, -0.1) is 24.8 Å². The highest BCUT2D eigenvalue weighted by Gasteiger charge is 2.11. The average molecular weight is 349 g/mol. The number of nitrogens with zero attached hydrogens (tertiary/aromatic N) is 2. The first-order valence-electron chi connectivity index (χ1n) is 6.57. The molecule has 0 spiro atoms. The van der Waals surface area contributed by atoms with E-state index >= 15 is 0 Å². The lowest BCUT2D eigenvalue weighted by molar-refractivity contribution is -0.123. The van der Waals surface area contributed by atoms with E-state index in [0.717, 1.165) is 17.0 Å². The molecule has 3 N–H and O–H groups in total. The molecule has 1 unspecified atom stereocenters. The number of pyridine rings is 1. The summed E-state index contributed by atoms with van der Waals surface area (Å²) in [5, 5.41) is 2.83. The standard InChI is InChI=1S/C14H20N4O2.2ClH/c1-10-4-3-5-13-17-11(9-18(10)13)8-16-14(19)6-12(7-15)20-2;;/h3-5,9,12H,6-8,15H2,1-2H3,(H,16,19);2*1H. The van der Waals surface area contributed by atoms with Gasteiger partial charge in [0.15, 0.2) is 0 Å². The molecule has 0 bridgehead atoms. The van der Waals surface area contributed by atoms with E-state index in [9.17, 15) is 4.79 Å². The number of halogens is 2. The molecule has 0 aliphatic carbocycles. The van der Waals surface area contributed by atoms with Crippen molar-refractivity contribution in [3.63, 3.8) is 0 Å². The number of methoxy groups -OCH3 is 1. The summed E-state index contributed by atoms with van der Waals surface area (Å²) in [6.07, 6.45) is 1.96. The minimum atomic E-state index is -0.238. The molecule has 0 aliphatic rings. The number of fused-ring (bicyclic) bond motifs is 1. The van der Waals surface area contributed by atoms with Crippen molar-refractivity contribution in [3.05, 3.63) is 35.8 Å². The monoisotopic (exact) mass is 348 g/mol. The minimum absolute atomic E-state index is 0. The molecule has 0 saturated carbocycles. The Morgan fingerprint density at radius 2 is 2.18 bits per heavy atom. The molecule has 0 aliphatic heterocycles. The van der Waals surface area contributed by atoms with Crippen LogP contribution in [0.1, 0.15) is 17.8 Å². The first kappa shape index (κ1) is 20.7. The highest BCUT2D eigenvalue weighted by molar-refractivity contribution is 5.85. The number of aromatic nitrogens is 2. The molecular weight excluding hydrogens is 327 g/mol. The van der Waals surface area contributed by atoms with Crippen molar-refractivity contribution in [2.24, 2.45) is 5.73 Å². The van der Waals surface area contributed by atoms with Crippen LogP contribution in [0.2, 0.25) is 0 Å². The van der Waals surface area contributed by atoms with Gasteiger partial charge in [-0.25, -0.2) is 4.98 Å². The molecule has 0 saturated heterocycles. The van der Waals surface area contributed by atoms with Gasteiger partial charge in [-0.2, -0.15) is 0 Å². The van der Waals surface area contributed by atoms with Crippen LogP contribution in [-0.2, 0) is 16.1 Å². The molecule has 6 nitrogen and oxygen atoms in total. The van der Waals surface area contributed by atoms with Crippen LogP contribution >= 0.6 is 24.8 Å². The van der Waals surface area contributed by atoms with E-state index in [1.54, 1.807) is 7.11 Å². The zero-order valence-corrected chi connectivity index (χ0v) is 14.2. The maximum Gasteiger partial charge on any atom is 0.222 e. The molecule has 1 atom stereocenters. The van der Waals surface area contributed by atoms with Crippen LogP contribution in [0.25, 0.3) is 5.65 Å². The Morgan fingerprint density at radius 1 is 1.45 bits per heavy atom. The highest BCUT2D eigenvalue weighted by atomic mass is 35.5. The van der Waals surface area contributed by atoms with Crippen LogP contribution in [0.5, 0.6) is 0 Å². The average Bonchev–Trinajstić information content (AvgIpc) is 2.87. The molecule has 2 aromatic heterocycles. The molecule has 1 amide bonds. The summed E-state index contributed by atoms with van der Waals surface area (Å²) >= 11 is 0. The Labute approximate surface area is 142 Å². The van der Waals surface area contributed by atoms with Gasteiger partial charge in [-0.05, 0) is 19.1 Å². The van der Waals surface area contributed by atoms with Crippen LogP contribution in [0.3, 0.4) is 0 Å². The number of carbonyl (C=O) groups is 1. The Balaban J connectivity index is 0.00000220.